The average Bonchev–Trinajstić information content (AvgIpc) is 3.17. The lowest BCUT2D eigenvalue weighted by Gasteiger charge is -2.39. The highest BCUT2D eigenvalue weighted by molar-refractivity contribution is 6.03. The number of pyridine rings is 1. The Kier molecular flexibility index (Phi) is 6.06. The van der Waals surface area contributed by atoms with Crippen molar-refractivity contribution in [2.75, 3.05) is 45.2 Å². The highest BCUT2D eigenvalue weighted by atomic mass is 15.3. The van der Waals surface area contributed by atoms with E-state index in [2.05, 4.69) is 75.7 Å². The molecule has 0 spiro atoms. The van der Waals surface area contributed by atoms with Gasteiger partial charge in [0, 0.05) is 38.6 Å². The highest BCUT2D eigenvalue weighted by Crippen LogP contribution is 2.35. The lowest BCUT2D eigenvalue weighted by Crippen LogP contribution is -2.45. The molecule has 2 saturated heterocycles. The van der Waals surface area contributed by atoms with E-state index in [4.69, 9.17) is 4.98 Å². The largest absolute Gasteiger partial charge is 0.355 e. The van der Waals surface area contributed by atoms with E-state index in [-0.39, 0.29) is 12.1 Å². The van der Waals surface area contributed by atoms with Crippen molar-refractivity contribution in [2.45, 2.75) is 38.3 Å². The zero-order valence-corrected chi connectivity index (χ0v) is 18.6. The Bertz CT molecular complexity index is 950. The molecule has 30 heavy (non-hydrogen) atoms. The molecule has 2 fully saturated rings. The van der Waals surface area contributed by atoms with Crippen molar-refractivity contribution in [2.24, 2.45) is 4.99 Å². The Morgan fingerprint density at radius 2 is 1.93 bits per heavy atom. The number of likely N-dealkylation sites (tertiary alicyclic amines) is 1. The van der Waals surface area contributed by atoms with Gasteiger partial charge in [0.25, 0.3) is 0 Å². The fourth-order valence-corrected chi connectivity index (χ4v) is 4.86. The van der Waals surface area contributed by atoms with Crippen LogP contribution < -0.4 is 4.90 Å². The molecule has 2 aliphatic heterocycles. The summed E-state index contributed by atoms with van der Waals surface area (Å²) in [6.07, 6.45) is 7.24. The maximum atomic E-state index is 5.04. The van der Waals surface area contributed by atoms with Crippen LogP contribution >= 0.6 is 0 Å². The molecule has 0 radical (unpaired) electrons. The maximum absolute atomic E-state index is 5.04. The van der Waals surface area contributed by atoms with Crippen molar-refractivity contribution >= 4 is 17.2 Å². The standard InChI is InChI=1S/C24H34N6/c1-6-25-24(18(2)3)21-10-7-9-20(28(21)5)19-17-30-22(26-19)11-8-12-23(30)29-15-13-27(4)14-16-29/h6,8,11-12,17,20-21H,1-2,7,9-10,13-16H2,3-5H3. The second-order valence-corrected chi connectivity index (χ2v) is 8.67. The van der Waals surface area contributed by atoms with Crippen LogP contribution in [0.5, 0.6) is 0 Å². The van der Waals surface area contributed by atoms with Gasteiger partial charge in [0.2, 0.25) is 0 Å². The van der Waals surface area contributed by atoms with E-state index in [9.17, 15) is 0 Å². The van der Waals surface area contributed by atoms with Crippen molar-refractivity contribution in [1.82, 2.24) is 19.2 Å². The molecule has 0 bridgehead atoms. The molecule has 0 saturated carbocycles. The molecular formula is C24H34N6. The van der Waals surface area contributed by atoms with Crippen molar-refractivity contribution in [3.05, 3.63) is 55.0 Å². The molecule has 0 amide bonds. The van der Waals surface area contributed by atoms with Gasteiger partial charge in [-0.1, -0.05) is 19.2 Å². The Labute approximate surface area is 180 Å². The van der Waals surface area contributed by atoms with E-state index in [1.807, 2.05) is 6.92 Å². The third kappa shape index (κ3) is 3.94. The summed E-state index contributed by atoms with van der Waals surface area (Å²) < 4.78 is 2.27. The second kappa shape index (κ2) is 8.74. The van der Waals surface area contributed by atoms with Crippen LogP contribution in [0.25, 0.3) is 5.65 Å². The summed E-state index contributed by atoms with van der Waals surface area (Å²) >= 11 is 0. The van der Waals surface area contributed by atoms with Crippen LogP contribution in [0.3, 0.4) is 0 Å². The number of rotatable bonds is 5. The van der Waals surface area contributed by atoms with Gasteiger partial charge in [-0.25, -0.2) is 4.98 Å². The predicted octanol–water partition coefficient (Wildman–Crippen LogP) is 3.77. The minimum atomic E-state index is 0.251. The van der Waals surface area contributed by atoms with Crippen LogP contribution in [0.15, 0.2) is 54.3 Å². The Morgan fingerprint density at radius 3 is 2.63 bits per heavy atom. The summed E-state index contributed by atoms with van der Waals surface area (Å²) in [5, 5.41) is 0. The summed E-state index contributed by atoms with van der Waals surface area (Å²) in [6, 6.07) is 6.98. The molecule has 2 aromatic rings. The number of imidazole rings is 1. The molecule has 2 aliphatic rings. The van der Waals surface area contributed by atoms with E-state index in [0.717, 1.165) is 68.1 Å². The van der Waals surface area contributed by atoms with Crippen molar-refractivity contribution in [3.63, 3.8) is 0 Å². The molecule has 2 unspecified atom stereocenters. The maximum Gasteiger partial charge on any atom is 0.138 e. The van der Waals surface area contributed by atoms with Crippen LogP contribution in [0, 0.1) is 0 Å². The molecule has 0 aromatic carbocycles. The topological polar surface area (TPSA) is 39.4 Å². The monoisotopic (exact) mass is 406 g/mol. The summed E-state index contributed by atoms with van der Waals surface area (Å²) in [5.41, 5.74) is 4.22. The van der Waals surface area contributed by atoms with E-state index in [1.165, 1.54) is 5.82 Å². The van der Waals surface area contributed by atoms with Gasteiger partial charge in [-0.2, -0.15) is 0 Å². The Hall–Kier alpha value is -2.44. The minimum absolute atomic E-state index is 0.251. The number of aliphatic imine (C=N–C) groups is 1. The van der Waals surface area contributed by atoms with E-state index >= 15 is 0 Å². The molecule has 4 rings (SSSR count). The number of anilines is 1. The van der Waals surface area contributed by atoms with Crippen LogP contribution in [-0.2, 0) is 0 Å². The number of likely N-dealkylation sites (N-methyl/N-ethyl adjacent to an activating group) is 1. The Balaban J connectivity index is 1.64. The van der Waals surface area contributed by atoms with Crippen LogP contribution in [0.2, 0.25) is 0 Å². The second-order valence-electron chi connectivity index (χ2n) is 8.67. The smallest absolute Gasteiger partial charge is 0.138 e. The molecule has 2 atom stereocenters. The lowest BCUT2D eigenvalue weighted by molar-refractivity contribution is 0.151. The van der Waals surface area contributed by atoms with Gasteiger partial charge in [-0.15, -0.1) is 0 Å². The van der Waals surface area contributed by atoms with Gasteiger partial charge in [-0.05, 0) is 58.0 Å². The minimum Gasteiger partial charge on any atom is -0.355 e. The first-order valence-corrected chi connectivity index (χ1v) is 11.0. The first-order valence-electron chi connectivity index (χ1n) is 11.0. The Morgan fingerprint density at radius 1 is 1.17 bits per heavy atom. The molecule has 6 nitrogen and oxygen atoms in total. The van der Waals surface area contributed by atoms with Crippen LogP contribution in [0.1, 0.15) is 37.9 Å². The number of aromatic nitrogens is 2. The van der Waals surface area contributed by atoms with Crippen molar-refractivity contribution in [3.8, 4) is 0 Å². The summed E-state index contributed by atoms with van der Waals surface area (Å²) in [7, 11) is 4.39. The molecule has 0 aliphatic carbocycles. The predicted molar refractivity (Wildman–Crippen MR) is 125 cm³/mol. The normalized spacial score (nSPS) is 24.4. The fraction of sp³-hybridized carbons (Fsp3) is 0.500. The van der Waals surface area contributed by atoms with Gasteiger partial charge >= 0.3 is 0 Å². The number of hydrogen-bond donors (Lipinski definition) is 0. The number of fused-ring (bicyclic) bond motifs is 1. The van der Waals surface area contributed by atoms with Crippen LogP contribution in [-0.4, -0.2) is 71.2 Å². The van der Waals surface area contributed by atoms with Gasteiger partial charge < -0.3 is 9.80 Å². The molecule has 160 valence electrons. The molecule has 0 N–H and O–H groups in total. The van der Waals surface area contributed by atoms with Gasteiger partial charge in [0.05, 0.1) is 23.5 Å². The first-order chi connectivity index (χ1) is 14.5. The van der Waals surface area contributed by atoms with Gasteiger partial charge in [-0.3, -0.25) is 14.3 Å². The van der Waals surface area contributed by atoms with Crippen molar-refractivity contribution in [1.29, 1.82) is 0 Å². The third-order valence-electron chi connectivity index (χ3n) is 6.58. The fourth-order valence-electron chi connectivity index (χ4n) is 4.86. The number of piperazine rings is 1. The average molecular weight is 407 g/mol. The zero-order valence-electron chi connectivity index (χ0n) is 18.6. The van der Waals surface area contributed by atoms with E-state index in [1.54, 1.807) is 6.20 Å². The quantitative estimate of drug-likeness (QED) is 0.709. The molecule has 4 heterocycles. The van der Waals surface area contributed by atoms with Gasteiger partial charge in [0.1, 0.15) is 11.5 Å². The van der Waals surface area contributed by atoms with Crippen LogP contribution in [0.4, 0.5) is 5.82 Å². The summed E-state index contributed by atoms with van der Waals surface area (Å²) in [6.45, 7) is 14.3. The first kappa shape index (κ1) is 20.8. The van der Waals surface area contributed by atoms with E-state index < -0.39 is 0 Å². The molecule has 6 heteroatoms. The highest BCUT2D eigenvalue weighted by Gasteiger charge is 2.33. The summed E-state index contributed by atoms with van der Waals surface area (Å²) in [4.78, 5) is 16.9. The van der Waals surface area contributed by atoms with Gasteiger partial charge in [0.15, 0.2) is 0 Å². The number of hydrogen-bond acceptors (Lipinski definition) is 5. The molecule has 2 aromatic heterocycles. The number of nitrogens with zero attached hydrogens (tertiary/aromatic N) is 6. The summed E-state index contributed by atoms with van der Waals surface area (Å²) in [5.74, 6) is 1.24. The third-order valence-corrected chi connectivity index (χ3v) is 6.58. The SMILES string of the molecule is C=CN=C(C(=C)C)C1CCCC(c2cn3c(N4CCN(C)CC4)cccc3n2)N1C. The number of piperidine rings is 1. The van der Waals surface area contributed by atoms with E-state index in [0.29, 0.717) is 0 Å². The lowest BCUT2D eigenvalue weighted by atomic mass is 9.90. The molecular weight excluding hydrogens is 372 g/mol. The zero-order chi connectivity index (χ0) is 21.3. The van der Waals surface area contributed by atoms with Crippen molar-refractivity contribution < 1.29 is 0 Å².